The Kier molecular flexibility index (Phi) is 38.6. The molecule has 0 aromatic carbocycles. The monoisotopic (exact) mass is 1940 g/mol. The maximum absolute atomic E-state index is 13.2. The molecule has 36 N–H and O–H groups in total. The molecule has 132 heavy (non-hydrogen) atoms. The lowest BCUT2D eigenvalue weighted by atomic mass is 9.90. The van der Waals surface area contributed by atoms with Gasteiger partial charge in [0.1, 0.15) is 244 Å². The van der Waals surface area contributed by atoms with Crippen molar-refractivity contribution >= 4 is 29.7 Å². The van der Waals surface area contributed by atoms with E-state index in [9.17, 15) is 192 Å². The third-order valence-corrected chi connectivity index (χ3v) is 24.0. The van der Waals surface area contributed by atoms with Gasteiger partial charge in [-0.1, -0.05) is 0 Å². The van der Waals surface area contributed by atoms with Crippen LogP contribution in [0.15, 0.2) is 0 Å². The van der Waals surface area contributed by atoms with E-state index in [-0.39, 0.29) is 0 Å². The van der Waals surface area contributed by atoms with Gasteiger partial charge in [0.2, 0.25) is 17.7 Å². The number of ether oxygens (including phenoxy) is 19. The number of rotatable bonds is 37. The molecule has 10 rings (SSSR count). The largest absolute Gasteiger partial charge is 0.477 e. The minimum absolute atomic E-state index is 0.849. The van der Waals surface area contributed by atoms with Gasteiger partial charge < -0.3 is 274 Å². The van der Waals surface area contributed by atoms with Crippen molar-refractivity contribution in [3.05, 3.63) is 0 Å². The van der Waals surface area contributed by atoms with Crippen LogP contribution in [0.1, 0.15) is 33.6 Å². The number of hydrogen-bond donors (Lipinski definition) is 36. The summed E-state index contributed by atoms with van der Waals surface area (Å²) in [7, 11) is 0. The van der Waals surface area contributed by atoms with E-state index in [1.54, 1.807) is 0 Å². The summed E-state index contributed by atoms with van der Waals surface area (Å²) in [5.74, 6) is -13.7. The summed E-state index contributed by atoms with van der Waals surface area (Å²) in [6.07, 6.45) is -109. The molecule has 60 heteroatoms. The van der Waals surface area contributed by atoms with Crippen LogP contribution < -0.4 is 16.0 Å². The Morgan fingerprint density at radius 3 is 1.08 bits per heavy atom. The van der Waals surface area contributed by atoms with E-state index in [1.165, 1.54) is 0 Å². The zero-order valence-electron chi connectivity index (χ0n) is 69.9. The normalized spacial score (nSPS) is 47.8. The third-order valence-electron chi connectivity index (χ3n) is 24.0. The van der Waals surface area contributed by atoms with Crippen LogP contribution in [-0.2, 0) is 114 Å². The average molecular weight is 1940 g/mol. The number of carbonyl (C=O) groups is 5. The first-order valence-electron chi connectivity index (χ1n) is 41.4. The van der Waals surface area contributed by atoms with Gasteiger partial charge in [-0.25, -0.2) is 9.59 Å². The molecule has 0 aromatic rings. The molecule has 0 aromatic heterocycles. The minimum Gasteiger partial charge on any atom is -0.477 e. The Hall–Kier alpha value is -4.65. The van der Waals surface area contributed by atoms with Gasteiger partial charge in [0.25, 0.3) is 11.6 Å². The summed E-state index contributed by atoms with van der Waals surface area (Å²) in [4.78, 5) is 64.5. The molecule has 10 aliphatic rings. The van der Waals surface area contributed by atoms with Crippen LogP contribution in [0.3, 0.4) is 0 Å². The van der Waals surface area contributed by atoms with Crippen molar-refractivity contribution in [1.82, 2.24) is 16.0 Å². The smallest absolute Gasteiger partial charge is 0.364 e. The number of carbonyl (C=O) groups excluding carboxylic acids is 3. The van der Waals surface area contributed by atoms with Gasteiger partial charge in [0, 0.05) is 33.6 Å². The number of nitrogens with one attached hydrogen (secondary N) is 3. The summed E-state index contributed by atoms with van der Waals surface area (Å²) in [5, 5.41) is 371. The Bertz CT molecular complexity index is 3660. The van der Waals surface area contributed by atoms with Gasteiger partial charge >= 0.3 is 11.9 Å². The predicted molar refractivity (Wildman–Crippen MR) is 399 cm³/mol. The molecule has 0 radical (unpaired) electrons. The van der Waals surface area contributed by atoms with E-state index < -0.39 is 427 Å². The van der Waals surface area contributed by atoms with Crippen molar-refractivity contribution < 1.29 is 282 Å². The molecular weight excluding hydrogens is 1820 g/mol. The lowest BCUT2D eigenvalue weighted by Crippen LogP contribution is -2.71. The van der Waals surface area contributed by atoms with Crippen LogP contribution in [0.5, 0.6) is 0 Å². The lowest BCUT2D eigenvalue weighted by Gasteiger charge is -2.51. The molecule has 764 valence electrons. The second kappa shape index (κ2) is 46.6. The van der Waals surface area contributed by atoms with Crippen LogP contribution >= 0.6 is 0 Å². The van der Waals surface area contributed by atoms with E-state index >= 15 is 0 Å². The summed E-state index contributed by atoms with van der Waals surface area (Å²) in [5.41, 5.74) is 0. The van der Waals surface area contributed by atoms with Crippen LogP contribution in [0, 0.1) is 0 Å². The van der Waals surface area contributed by atoms with Crippen LogP contribution in [0.2, 0.25) is 0 Å². The molecule has 10 saturated heterocycles. The Labute approximate surface area is 743 Å². The van der Waals surface area contributed by atoms with Crippen molar-refractivity contribution in [2.75, 3.05) is 66.1 Å². The number of aliphatic hydroxyl groups excluding tert-OH is 31. The van der Waals surface area contributed by atoms with Crippen LogP contribution in [0.25, 0.3) is 0 Å². The summed E-state index contributed by atoms with van der Waals surface area (Å²) < 4.78 is 111. The zero-order chi connectivity index (χ0) is 97.8. The van der Waals surface area contributed by atoms with Crippen molar-refractivity contribution in [3.63, 3.8) is 0 Å². The molecule has 10 heterocycles. The van der Waals surface area contributed by atoms with Crippen molar-refractivity contribution in [2.24, 2.45) is 0 Å². The highest BCUT2D eigenvalue weighted by atomic mass is 16.8. The number of aliphatic hydroxyl groups is 31. The summed E-state index contributed by atoms with van der Waals surface area (Å²) in [6, 6.07) is -6.05. The molecule has 0 aliphatic carbocycles. The van der Waals surface area contributed by atoms with Crippen LogP contribution in [0.4, 0.5) is 0 Å². The highest BCUT2D eigenvalue weighted by Gasteiger charge is 2.65. The highest BCUT2D eigenvalue weighted by Crippen LogP contribution is 2.43. The zero-order valence-corrected chi connectivity index (χ0v) is 69.9. The van der Waals surface area contributed by atoms with E-state index in [4.69, 9.17) is 90.0 Å². The first-order chi connectivity index (χ1) is 62.2. The molecule has 60 nitrogen and oxygen atoms in total. The average Bonchev–Trinajstić information content (AvgIpc) is 0.734. The summed E-state index contributed by atoms with van der Waals surface area (Å²) in [6.45, 7) is -9.63. The minimum atomic E-state index is -3.32. The fourth-order valence-corrected chi connectivity index (χ4v) is 16.8. The number of amides is 3. The first kappa shape index (κ1) is 109. The standard InChI is InChI=1S/C72H119N3O57/c1-16(84)73-31-43(100)52(26(11-81)116-61(31)109)125-65-50(107)55(127-68-60(48(105)39(96)24(9-79)119-68)129-63-33(75-18(3)86)45(102)54(28(13-83)121-63)126-66-51(108)58(41(98)25(10-80)117-66)132-72(70(112)113)5-20(88)35(92)57(131-72)37(94)22(90)7-77)42(99)29(122-65)14-114-67-59(47(104)38(95)23(8-78)118-67)128-62-32(74-17(2)85)44(101)53(27(12-82)120-62)124-64-49(106)46(103)40(97)30(123-64)15-115-71(69(110)111)4-19(87)34(91)56(130-71)36(93)21(89)6-76/h19-68,76-83,87-109H,4-15H2,1-3H3,(H,73,84)(H,74,85)(H,75,86)(H,110,111)(H,112,113)/t19-,20-,21+,22+,23+,24+,25+,26+,27+,28+,29+,30+,31+,32+,33+,34+,35+,36+,37+,38+,39+,40-,41-,42+,43+,44+,45+,46-,47-,48-,49+,50-,51+,52+,53+,54+,55-,56+,57+,58-,59+,60+,61?,62-,63-,64-,65-,66-,67-,68+,71+,72-/m0/s1. The van der Waals surface area contributed by atoms with E-state index in [0.717, 1.165) is 20.8 Å². The van der Waals surface area contributed by atoms with Gasteiger partial charge in [-0.15, -0.1) is 0 Å². The quantitative estimate of drug-likeness (QED) is 0.0275. The second-order valence-corrected chi connectivity index (χ2v) is 33.1. The predicted octanol–water partition coefficient (Wildman–Crippen LogP) is -24.0. The van der Waals surface area contributed by atoms with E-state index in [0.29, 0.717) is 0 Å². The van der Waals surface area contributed by atoms with Gasteiger partial charge in [-0.05, 0) is 0 Å². The summed E-state index contributed by atoms with van der Waals surface area (Å²) >= 11 is 0. The molecule has 1 unspecified atom stereocenters. The maximum atomic E-state index is 13.2. The molecule has 3 amide bonds. The highest BCUT2D eigenvalue weighted by molar-refractivity contribution is 5.77. The molecule has 10 fully saturated rings. The Morgan fingerprint density at radius 1 is 0.318 bits per heavy atom. The third kappa shape index (κ3) is 23.5. The molecule has 52 atom stereocenters. The van der Waals surface area contributed by atoms with Gasteiger partial charge in [0.15, 0.2) is 50.3 Å². The number of aliphatic carboxylic acids is 2. The topological polar surface area (TPSA) is 964 Å². The molecule has 0 bridgehead atoms. The van der Waals surface area contributed by atoms with Gasteiger partial charge in [-0.2, -0.15) is 0 Å². The SMILES string of the molecule is CC(=O)N[C@H]1[C@H](O[C@H]2[C@@H](OC[C@H]3O[C@@H](O[C@H]4[C@H](O)[C@@H](NC(C)=O)C(O)O[C@@H]4CO)[C@@H](O)[C@@H](O[C@H]4O[C@H](CO)[C@@H](O)[C@H](O)[C@H]4O[C@@H]4O[C@H](CO)[C@@H](O[C@@H]5O[C@H](CO)[C@H](O)[C@H](O[C@]6(C(=O)O)C[C@H](O)[C@@H](O)[C@H]([C@H](O)[C@H](O)CO)O6)[C@H]5O)[C@H](O)[C@H]4NC(C)=O)[C@@H]3O)O[C@H](CO)[C@@H](O)[C@@H]2O)O[C@H](CO)[C@@H](O[C@@H]2O[C@H](CO[C@]3(C(=O)O)C[C@H](O)[C@@H](O)[C@H]([C@H](O)[C@H](O)CO)O3)[C@H](O)[C@H](O)[C@H]2O)[C@@H]1O. The van der Waals surface area contributed by atoms with Gasteiger partial charge in [-0.3, -0.25) is 14.4 Å². The first-order valence-corrected chi connectivity index (χ1v) is 41.4. The van der Waals surface area contributed by atoms with Crippen molar-refractivity contribution in [2.45, 2.75) is 352 Å². The number of carboxylic acid groups (broad SMARTS) is 2. The number of carboxylic acids is 2. The molecule has 0 saturated carbocycles. The molecule has 10 aliphatic heterocycles. The number of hydrogen-bond acceptors (Lipinski definition) is 55. The molecular formula is C72H119N3O57. The van der Waals surface area contributed by atoms with Crippen molar-refractivity contribution in [1.29, 1.82) is 0 Å². The fraction of sp³-hybridized carbons (Fsp3) is 0.931. The second-order valence-electron chi connectivity index (χ2n) is 33.1. The molecule has 0 spiro atoms. The van der Waals surface area contributed by atoms with Crippen molar-refractivity contribution in [3.8, 4) is 0 Å². The fourth-order valence-electron chi connectivity index (χ4n) is 16.8. The van der Waals surface area contributed by atoms with E-state index in [1.807, 2.05) is 0 Å². The van der Waals surface area contributed by atoms with Gasteiger partial charge in [0.05, 0.1) is 78.3 Å². The lowest BCUT2D eigenvalue weighted by molar-refractivity contribution is -0.401. The Morgan fingerprint density at radius 2 is 0.644 bits per heavy atom. The Balaban J connectivity index is 0.919. The maximum Gasteiger partial charge on any atom is 0.364 e. The van der Waals surface area contributed by atoms with Crippen LogP contribution in [-0.4, -0.2) is 582 Å². The van der Waals surface area contributed by atoms with E-state index in [2.05, 4.69) is 16.0 Å².